The first-order valence-corrected chi connectivity index (χ1v) is 10.3. The van der Waals surface area contributed by atoms with Crippen LogP contribution in [-0.4, -0.2) is 37.0 Å². The molecule has 0 aliphatic carbocycles. The van der Waals surface area contributed by atoms with Crippen LogP contribution in [0.4, 0.5) is 16.2 Å². The van der Waals surface area contributed by atoms with Gasteiger partial charge in [-0.25, -0.2) is 4.79 Å². The van der Waals surface area contributed by atoms with E-state index in [-0.39, 0.29) is 30.4 Å². The van der Waals surface area contributed by atoms with Crippen LogP contribution in [0.3, 0.4) is 0 Å². The van der Waals surface area contributed by atoms with Gasteiger partial charge in [-0.15, -0.1) is 0 Å². The number of rotatable bonds is 8. The highest BCUT2D eigenvalue weighted by molar-refractivity contribution is 6.09. The number of amides is 4. The Morgan fingerprint density at radius 2 is 1.83 bits per heavy atom. The highest BCUT2D eigenvalue weighted by atomic mass is 16.2. The predicted molar refractivity (Wildman–Crippen MR) is 117 cm³/mol. The lowest BCUT2D eigenvalue weighted by Crippen LogP contribution is -2.47. The van der Waals surface area contributed by atoms with Crippen LogP contribution in [0.15, 0.2) is 54.6 Å². The number of hydrogen-bond acceptors (Lipinski definition) is 3. The lowest BCUT2D eigenvalue weighted by molar-refractivity contribution is -0.121. The SMILES string of the molecule is CC(CCc1ccccc1)NC(=O)CCCNC(=O)N1CC(=O)Nc2ccccc21. The van der Waals surface area contributed by atoms with Crippen molar-refractivity contribution in [3.8, 4) is 0 Å². The Balaban J connectivity index is 1.36. The summed E-state index contributed by atoms with van der Waals surface area (Å²) in [5.74, 6) is -0.250. The summed E-state index contributed by atoms with van der Waals surface area (Å²) in [6.07, 6.45) is 2.67. The minimum absolute atomic E-state index is 0.0208. The zero-order chi connectivity index (χ0) is 21.3. The number of para-hydroxylation sites is 2. The maximum absolute atomic E-state index is 12.5. The van der Waals surface area contributed by atoms with Gasteiger partial charge in [-0.05, 0) is 43.9 Å². The summed E-state index contributed by atoms with van der Waals surface area (Å²) >= 11 is 0. The largest absolute Gasteiger partial charge is 0.354 e. The number of fused-ring (bicyclic) bond motifs is 1. The highest BCUT2D eigenvalue weighted by Crippen LogP contribution is 2.28. The summed E-state index contributed by atoms with van der Waals surface area (Å²) < 4.78 is 0. The molecule has 3 N–H and O–H groups in total. The van der Waals surface area contributed by atoms with E-state index in [0.717, 1.165) is 12.8 Å². The van der Waals surface area contributed by atoms with Gasteiger partial charge in [0, 0.05) is 19.0 Å². The van der Waals surface area contributed by atoms with Crippen molar-refractivity contribution in [1.29, 1.82) is 0 Å². The summed E-state index contributed by atoms with van der Waals surface area (Å²) in [6, 6.07) is 17.1. The smallest absolute Gasteiger partial charge is 0.322 e. The van der Waals surface area contributed by atoms with Gasteiger partial charge in [0.1, 0.15) is 6.54 Å². The fraction of sp³-hybridized carbons (Fsp3) is 0.348. The molecule has 0 spiro atoms. The first-order chi connectivity index (χ1) is 14.5. The molecule has 2 aromatic rings. The molecule has 0 saturated carbocycles. The fourth-order valence-electron chi connectivity index (χ4n) is 3.40. The van der Waals surface area contributed by atoms with E-state index in [1.807, 2.05) is 31.2 Å². The number of aryl methyl sites for hydroxylation is 1. The van der Waals surface area contributed by atoms with Gasteiger partial charge in [0.05, 0.1) is 11.4 Å². The molecule has 0 radical (unpaired) electrons. The average molecular weight is 409 g/mol. The predicted octanol–water partition coefficient (Wildman–Crippen LogP) is 3.07. The van der Waals surface area contributed by atoms with Crippen LogP contribution < -0.4 is 20.9 Å². The van der Waals surface area contributed by atoms with Crippen molar-refractivity contribution >= 4 is 29.2 Å². The zero-order valence-corrected chi connectivity index (χ0v) is 17.2. The van der Waals surface area contributed by atoms with Crippen LogP contribution in [0.2, 0.25) is 0 Å². The molecular weight excluding hydrogens is 380 g/mol. The van der Waals surface area contributed by atoms with E-state index < -0.39 is 0 Å². The minimum Gasteiger partial charge on any atom is -0.354 e. The standard InChI is InChI=1S/C23H28N4O3/c1-17(13-14-18-8-3-2-4-9-18)25-21(28)12-7-15-24-23(30)27-16-22(29)26-19-10-5-6-11-20(19)27/h2-6,8-11,17H,7,12-16H2,1H3,(H,24,30)(H,25,28)(H,26,29). The topological polar surface area (TPSA) is 90.5 Å². The number of nitrogens with zero attached hydrogens (tertiary/aromatic N) is 1. The molecule has 7 nitrogen and oxygen atoms in total. The van der Waals surface area contributed by atoms with Crippen molar-refractivity contribution in [3.63, 3.8) is 0 Å². The van der Waals surface area contributed by atoms with E-state index in [1.54, 1.807) is 18.2 Å². The van der Waals surface area contributed by atoms with Gasteiger partial charge >= 0.3 is 6.03 Å². The number of nitrogens with one attached hydrogen (secondary N) is 3. The van der Waals surface area contributed by atoms with Crippen LogP contribution in [0.1, 0.15) is 31.7 Å². The first kappa shape index (κ1) is 21.4. The van der Waals surface area contributed by atoms with Gasteiger partial charge in [-0.1, -0.05) is 42.5 Å². The second-order valence-corrected chi connectivity index (χ2v) is 7.48. The molecule has 1 heterocycles. The molecule has 1 aliphatic heterocycles. The number of benzene rings is 2. The van der Waals surface area contributed by atoms with E-state index in [2.05, 4.69) is 28.1 Å². The Morgan fingerprint density at radius 1 is 1.10 bits per heavy atom. The summed E-state index contributed by atoms with van der Waals surface area (Å²) in [5, 5.41) is 8.55. The van der Waals surface area contributed by atoms with E-state index in [9.17, 15) is 14.4 Å². The van der Waals surface area contributed by atoms with Gasteiger partial charge < -0.3 is 16.0 Å². The molecule has 1 unspecified atom stereocenters. The fourth-order valence-corrected chi connectivity index (χ4v) is 3.40. The van der Waals surface area contributed by atoms with Crippen molar-refractivity contribution in [2.75, 3.05) is 23.3 Å². The van der Waals surface area contributed by atoms with E-state index >= 15 is 0 Å². The first-order valence-electron chi connectivity index (χ1n) is 10.3. The second-order valence-electron chi connectivity index (χ2n) is 7.48. The number of urea groups is 1. The Kier molecular flexibility index (Phi) is 7.43. The Hall–Kier alpha value is -3.35. The Morgan fingerprint density at radius 3 is 2.63 bits per heavy atom. The summed E-state index contributed by atoms with van der Waals surface area (Å²) in [4.78, 5) is 37.9. The maximum Gasteiger partial charge on any atom is 0.322 e. The van der Waals surface area contributed by atoms with Gasteiger partial charge in [0.25, 0.3) is 0 Å². The van der Waals surface area contributed by atoms with Gasteiger partial charge in [-0.3, -0.25) is 14.5 Å². The Labute approximate surface area is 176 Å². The third kappa shape index (κ3) is 6.07. The van der Waals surface area contributed by atoms with Gasteiger partial charge in [-0.2, -0.15) is 0 Å². The zero-order valence-electron chi connectivity index (χ0n) is 17.2. The summed E-state index contributed by atoms with van der Waals surface area (Å²) in [7, 11) is 0. The average Bonchev–Trinajstić information content (AvgIpc) is 2.75. The third-order valence-electron chi connectivity index (χ3n) is 4.99. The molecule has 1 atom stereocenters. The van der Waals surface area contributed by atoms with E-state index in [1.165, 1.54) is 10.5 Å². The molecule has 0 saturated heterocycles. The number of anilines is 2. The molecule has 0 aromatic heterocycles. The van der Waals surface area contributed by atoms with Crippen LogP contribution in [0, 0.1) is 0 Å². The second kappa shape index (κ2) is 10.4. The highest BCUT2D eigenvalue weighted by Gasteiger charge is 2.26. The van der Waals surface area contributed by atoms with Crippen LogP contribution in [0.25, 0.3) is 0 Å². The van der Waals surface area contributed by atoms with E-state index in [0.29, 0.717) is 30.8 Å². The van der Waals surface area contributed by atoms with Gasteiger partial charge in [0.15, 0.2) is 0 Å². The number of hydrogen-bond donors (Lipinski definition) is 3. The number of carbonyl (C=O) groups is 3. The molecule has 7 heteroatoms. The van der Waals surface area contributed by atoms with E-state index in [4.69, 9.17) is 0 Å². The summed E-state index contributed by atoms with van der Waals surface area (Å²) in [5.41, 5.74) is 2.54. The number of carbonyl (C=O) groups excluding carboxylic acids is 3. The third-order valence-corrected chi connectivity index (χ3v) is 4.99. The lowest BCUT2D eigenvalue weighted by Gasteiger charge is -2.29. The molecule has 2 aromatic carbocycles. The van der Waals surface area contributed by atoms with Crippen LogP contribution in [-0.2, 0) is 16.0 Å². The Bertz CT molecular complexity index is 885. The van der Waals surface area contributed by atoms with Crippen molar-refractivity contribution in [2.24, 2.45) is 0 Å². The van der Waals surface area contributed by atoms with Crippen molar-refractivity contribution in [3.05, 3.63) is 60.2 Å². The van der Waals surface area contributed by atoms with Crippen molar-refractivity contribution in [1.82, 2.24) is 10.6 Å². The lowest BCUT2D eigenvalue weighted by atomic mass is 10.1. The minimum atomic E-state index is -0.339. The molecule has 30 heavy (non-hydrogen) atoms. The maximum atomic E-state index is 12.5. The quantitative estimate of drug-likeness (QED) is 0.587. The summed E-state index contributed by atoms with van der Waals surface area (Å²) in [6.45, 7) is 2.34. The monoisotopic (exact) mass is 408 g/mol. The molecular formula is C23H28N4O3. The van der Waals surface area contributed by atoms with Gasteiger partial charge in [0.2, 0.25) is 11.8 Å². The molecule has 158 valence electrons. The molecule has 0 bridgehead atoms. The molecule has 1 aliphatic rings. The molecule has 4 amide bonds. The van der Waals surface area contributed by atoms with Crippen molar-refractivity contribution < 1.29 is 14.4 Å². The molecule has 3 rings (SSSR count). The normalized spacial score (nSPS) is 13.8. The van der Waals surface area contributed by atoms with Crippen LogP contribution >= 0.6 is 0 Å². The molecule has 0 fully saturated rings. The van der Waals surface area contributed by atoms with Crippen molar-refractivity contribution in [2.45, 2.75) is 38.6 Å². The van der Waals surface area contributed by atoms with Crippen LogP contribution in [0.5, 0.6) is 0 Å².